The van der Waals surface area contributed by atoms with Crippen LogP contribution in [0.15, 0.2) is 12.1 Å². The molecule has 0 bridgehead atoms. The Balaban J connectivity index is 3.12. The average Bonchev–Trinajstić information content (AvgIpc) is 2.38. The quantitative estimate of drug-likeness (QED) is 0.440. The first-order valence-electron chi connectivity index (χ1n) is 5.53. The number of hydrogen-bond donors (Lipinski definition) is 0. The van der Waals surface area contributed by atoms with Crippen LogP contribution in [-0.4, -0.2) is 18.6 Å². The average molecular weight is 250 g/mol. The molecular formula is C12H14N2O4. The van der Waals surface area contributed by atoms with Crippen LogP contribution in [0.5, 0.6) is 11.5 Å². The molecule has 0 aliphatic heterocycles. The van der Waals surface area contributed by atoms with Gasteiger partial charge in [-0.25, -0.2) is 0 Å². The van der Waals surface area contributed by atoms with Crippen LogP contribution in [0, 0.1) is 21.4 Å². The van der Waals surface area contributed by atoms with Crippen LogP contribution in [0.25, 0.3) is 0 Å². The first-order chi connectivity index (χ1) is 8.63. The van der Waals surface area contributed by atoms with E-state index < -0.39 is 4.92 Å². The predicted molar refractivity (Wildman–Crippen MR) is 64.8 cm³/mol. The lowest BCUT2D eigenvalue weighted by atomic mass is 10.1. The first-order valence-corrected chi connectivity index (χ1v) is 5.53. The van der Waals surface area contributed by atoms with Gasteiger partial charge in [0.1, 0.15) is 11.6 Å². The Morgan fingerprint density at radius 3 is 2.67 bits per heavy atom. The maximum Gasteiger partial charge on any atom is 0.291 e. The summed E-state index contributed by atoms with van der Waals surface area (Å²) in [5, 5.41) is 19.7. The second-order valence-corrected chi connectivity index (χ2v) is 3.59. The van der Waals surface area contributed by atoms with Crippen molar-refractivity contribution in [2.75, 3.05) is 13.7 Å². The zero-order chi connectivity index (χ0) is 13.5. The molecule has 0 spiro atoms. The molecule has 0 radical (unpaired) electrons. The molecule has 96 valence electrons. The van der Waals surface area contributed by atoms with Crippen molar-refractivity contribution in [3.63, 3.8) is 0 Å². The molecule has 0 unspecified atom stereocenters. The first kappa shape index (κ1) is 13.8. The number of ether oxygens (including phenoxy) is 2. The van der Waals surface area contributed by atoms with E-state index in [0.717, 1.165) is 12.8 Å². The van der Waals surface area contributed by atoms with Crippen molar-refractivity contribution in [3.05, 3.63) is 27.8 Å². The molecule has 0 aromatic heterocycles. The highest BCUT2D eigenvalue weighted by Gasteiger charge is 2.19. The number of hydrogen-bond acceptors (Lipinski definition) is 5. The normalized spacial score (nSPS) is 9.61. The lowest BCUT2D eigenvalue weighted by Gasteiger charge is -2.10. The smallest absolute Gasteiger partial charge is 0.291 e. The minimum absolute atomic E-state index is 0.0420. The number of methoxy groups -OCH3 is 1. The van der Waals surface area contributed by atoms with Crippen LogP contribution in [-0.2, 0) is 0 Å². The zero-order valence-electron chi connectivity index (χ0n) is 10.3. The van der Waals surface area contributed by atoms with E-state index in [0.29, 0.717) is 12.4 Å². The largest absolute Gasteiger partial charge is 0.493 e. The summed E-state index contributed by atoms with van der Waals surface area (Å²) in [5.41, 5.74) is -0.315. The zero-order valence-corrected chi connectivity index (χ0v) is 10.3. The van der Waals surface area contributed by atoms with Crippen molar-refractivity contribution in [2.45, 2.75) is 19.8 Å². The highest BCUT2D eigenvalue weighted by atomic mass is 16.6. The number of benzene rings is 1. The minimum Gasteiger partial charge on any atom is -0.493 e. The second-order valence-electron chi connectivity index (χ2n) is 3.59. The van der Waals surface area contributed by atoms with Crippen LogP contribution < -0.4 is 9.47 Å². The molecule has 0 atom stereocenters. The summed E-state index contributed by atoms with van der Waals surface area (Å²) >= 11 is 0. The van der Waals surface area contributed by atoms with Crippen molar-refractivity contribution in [2.24, 2.45) is 0 Å². The van der Waals surface area contributed by atoms with E-state index in [-0.39, 0.29) is 17.0 Å². The van der Waals surface area contributed by atoms with Crippen molar-refractivity contribution >= 4 is 5.69 Å². The molecule has 6 nitrogen and oxygen atoms in total. The van der Waals surface area contributed by atoms with Crippen LogP contribution in [0.4, 0.5) is 5.69 Å². The van der Waals surface area contributed by atoms with Gasteiger partial charge < -0.3 is 9.47 Å². The van der Waals surface area contributed by atoms with E-state index >= 15 is 0 Å². The minimum atomic E-state index is -0.606. The monoisotopic (exact) mass is 250 g/mol. The van der Waals surface area contributed by atoms with Crippen molar-refractivity contribution in [3.8, 4) is 17.6 Å². The summed E-state index contributed by atoms with van der Waals surface area (Å²) in [5.74, 6) is 0.616. The van der Waals surface area contributed by atoms with Gasteiger partial charge in [0, 0.05) is 6.07 Å². The molecule has 0 amide bonds. The fraction of sp³-hybridized carbons (Fsp3) is 0.417. The Bertz CT molecular complexity index is 480. The van der Waals surface area contributed by atoms with Crippen molar-refractivity contribution in [1.29, 1.82) is 5.26 Å². The molecule has 0 fully saturated rings. The Morgan fingerprint density at radius 1 is 1.44 bits per heavy atom. The van der Waals surface area contributed by atoms with Crippen molar-refractivity contribution < 1.29 is 14.4 Å². The lowest BCUT2D eigenvalue weighted by molar-refractivity contribution is -0.385. The third-order valence-electron chi connectivity index (χ3n) is 2.35. The van der Waals surface area contributed by atoms with Crippen molar-refractivity contribution in [1.82, 2.24) is 0 Å². The van der Waals surface area contributed by atoms with E-state index in [1.807, 2.05) is 6.92 Å². The molecule has 0 N–H and O–H groups in total. The molecule has 1 rings (SSSR count). The highest BCUT2D eigenvalue weighted by Crippen LogP contribution is 2.34. The number of rotatable bonds is 6. The van der Waals surface area contributed by atoms with Gasteiger partial charge in [-0.2, -0.15) is 5.26 Å². The van der Waals surface area contributed by atoms with Crippen LogP contribution >= 0.6 is 0 Å². The lowest BCUT2D eigenvalue weighted by Crippen LogP contribution is -2.01. The van der Waals surface area contributed by atoms with Gasteiger partial charge in [-0.05, 0) is 6.42 Å². The SMILES string of the molecule is CCCCOc1cc([N+](=O)[O-])c(C#N)cc1OC. The summed E-state index contributed by atoms with van der Waals surface area (Å²) in [6.45, 7) is 2.47. The van der Waals surface area contributed by atoms with Crippen LogP contribution in [0.1, 0.15) is 25.3 Å². The Kier molecular flexibility index (Phi) is 4.93. The third kappa shape index (κ3) is 3.10. The van der Waals surface area contributed by atoms with E-state index in [2.05, 4.69) is 0 Å². The molecular weight excluding hydrogens is 236 g/mol. The summed E-state index contributed by atoms with van der Waals surface area (Å²) in [6, 6.07) is 4.32. The Morgan fingerprint density at radius 2 is 2.17 bits per heavy atom. The van der Waals surface area contributed by atoms with Gasteiger partial charge in [0.15, 0.2) is 11.5 Å². The molecule has 0 saturated carbocycles. The number of unbranched alkanes of at least 4 members (excludes halogenated alkanes) is 1. The topological polar surface area (TPSA) is 85.4 Å². The van der Waals surface area contributed by atoms with Gasteiger partial charge in [0.05, 0.1) is 24.7 Å². The molecule has 6 heteroatoms. The van der Waals surface area contributed by atoms with E-state index in [1.165, 1.54) is 19.2 Å². The second kappa shape index (κ2) is 6.45. The summed E-state index contributed by atoms with van der Waals surface area (Å²) in [7, 11) is 1.43. The molecule has 0 heterocycles. The fourth-order valence-corrected chi connectivity index (χ4v) is 1.39. The van der Waals surface area contributed by atoms with Gasteiger partial charge in [-0.3, -0.25) is 10.1 Å². The number of nitro groups is 1. The fourth-order valence-electron chi connectivity index (χ4n) is 1.39. The summed E-state index contributed by atoms with van der Waals surface area (Å²) in [6.07, 6.45) is 1.80. The van der Waals surface area contributed by atoms with Gasteiger partial charge in [-0.15, -0.1) is 0 Å². The number of nitro benzene ring substituents is 1. The maximum atomic E-state index is 10.8. The van der Waals surface area contributed by atoms with Gasteiger partial charge in [0.25, 0.3) is 5.69 Å². The molecule has 1 aromatic carbocycles. The van der Waals surface area contributed by atoms with E-state index in [4.69, 9.17) is 14.7 Å². The van der Waals surface area contributed by atoms with Gasteiger partial charge in [0.2, 0.25) is 0 Å². The number of nitrogens with zero attached hydrogens (tertiary/aromatic N) is 2. The molecule has 0 aliphatic rings. The standard InChI is InChI=1S/C12H14N2O4/c1-3-4-5-18-12-7-10(14(15)16)9(8-13)6-11(12)17-2/h6-7H,3-5H2,1-2H3. The summed E-state index contributed by atoms with van der Waals surface area (Å²) < 4.78 is 10.5. The molecule has 0 saturated heterocycles. The van der Waals surface area contributed by atoms with Gasteiger partial charge >= 0.3 is 0 Å². The van der Waals surface area contributed by atoms with Gasteiger partial charge in [-0.1, -0.05) is 13.3 Å². The van der Waals surface area contributed by atoms with E-state index in [1.54, 1.807) is 6.07 Å². The van der Waals surface area contributed by atoms with Crippen LogP contribution in [0.3, 0.4) is 0 Å². The van der Waals surface area contributed by atoms with E-state index in [9.17, 15) is 10.1 Å². The number of nitriles is 1. The maximum absolute atomic E-state index is 10.8. The molecule has 1 aromatic rings. The van der Waals surface area contributed by atoms with Crippen LogP contribution in [0.2, 0.25) is 0 Å². The highest BCUT2D eigenvalue weighted by molar-refractivity contribution is 5.58. The molecule has 0 aliphatic carbocycles. The Labute approximate surface area is 105 Å². The predicted octanol–water partition coefficient (Wildman–Crippen LogP) is 2.65. The molecule has 18 heavy (non-hydrogen) atoms. The third-order valence-corrected chi connectivity index (χ3v) is 2.35. The Hall–Kier alpha value is -2.29. The summed E-state index contributed by atoms with van der Waals surface area (Å²) in [4.78, 5) is 10.2.